The molecule has 1 amide bonds. The Morgan fingerprint density at radius 3 is 2.62 bits per heavy atom. The van der Waals surface area contributed by atoms with Crippen molar-refractivity contribution >= 4 is 17.6 Å². The number of aliphatic carboxylic acids is 1. The number of rotatable bonds is 2. The summed E-state index contributed by atoms with van der Waals surface area (Å²) in [6.45, 7) is 8.23. The predicted molar refractivity (Wildman–Crippen MR) is 94.2 cm³/mol. The van der Waals surface area contributed by atoms with Crippen LogP contribution in [-0.2, 0) is 15.0 Å². The molecule has 2 N–H and O–H groups in total. The van der Waals surface area contributed by atoms with Crippen molar-refractivity contribution in [2.75, 3.05) is 5.32 Å². The Bertz CT molecular complexity index is 696. The molecule has 1 fully saturated rings. The summed E-state index contributed by atoms with van der Waals surface area (Å²) in [6, 6.07) is 6.30. The second kappa shape index (κ2) is 5.61. The van der Waals surface area contributed by atoms with Gasteiger partial charge in [0.2, 0.25) is 5.91 Å². The van der Waals surface area contributed by atoms with Crippen LogP contribution in [0.3, 0.4) is 0 Å². The zero-order chi connectivity index (χ0) is 17.7. The second-order valence-corrected chi connectivity index (χ2v) is 8.26. The van der Waals surface area contributed by atoms with Crippen molar-refractivity contribution in [1.82, 2.24) is 0 Å². The lowest BCUT2D eigenvalue weighted by Gasteiger charge is -2.49. The van der Waals surface area contributed by atoms with Crippen LogP contribution in [-0.4, -0.2) is 17.0 Å². The Morgan fingerprint density at radius 2 is 2.00 bits per heavy atom. The number of carbonyl (C=O) groups excluding carboxylic acids is 1. The van der Waals surface area contributed by atoms with Crippen molar-refractivity contribution in [3.05, 3.63) is 29.3 Å². The highest BCUT2D eigenvalue weighted by Gasteiger charge is 2.55. The Kier molecular flexibility index (Phi) is 3.97. The molecule has 0 spiro atoms. The molecule has 0 radical (unpaired) electrons. The number of nitrogens with one attached hydrogen (secondary N) is 1. The maximum Gasteiger partial charge on any atom is 0.309 e. The highest BCUT2D eigenvalue weighted by atomic mass is 16.4. The van der Waals surface area contributed by atoms with Crippen LogP contribution in [0.1, 0.15) is 70.4 Å². The van der Waals surface area contributed by atoms with Crippen LogP contribution < -0.4 is 5.32 Å². The number of carboxylic acids is 1. The maximum absolute atomic E-state index is 12.5. The average molecular weight is 329 g/mol. The standard InChI is InChI=1S/C20H27NO3/c1-12(2)13-6-7-14-15(10-13)21-17(22)11-16-19(14,3)8-5-9-20(16,4)18(23)24/h6-7,10,12,16H,5,8-9,11H2,1-4H3,(H,21,22)(H,23,24)/t16-,19-,20-/m1/s1. The van der Waals surface area contributed by atoms with Gasteiger partial charge in [0.25, 0.3) is 0 Å². The van der Waals surface area contributed by atoms with Gasteiger partial charge in [0, 0.05) is 12.1 Å². The lowest BCUT2D eigenvalue weighted by molar-refractivity contribution is -0.157. The van der Waals surface area contributed by atoms with E-state index in [9.17, 15) is 14.7 Å². The molecule has 1 aliphatic carbocycles. The number of carboxylic acid groups (broad SMARTS) is 1. The zero-order valence-electron chi connectivity index (χ0n) is 15.0. The molecule has 4 nitrogen and oxygen atoms in total. The van der Waals surface area contributed by atoms with Gasteiger partial charge in [-0.05, 0) is 54.2 Å². The molecule has 0 unspecified atom stereocenters. The smallest absolute Gasteiger partial charge is 0.309 e. The molecule has 24 heavy (non-hydrogen) atoms. The number of amides is 1. The van der Waals surface area contributed by atoms with Crippen LogP contribution in [0.15, 0.2) is 18.2 Å². The van der Waals surface area contributed by atoms with Gasteiger partial charge in [-0.25, -0.2) is 0 Å². The fraction of sp³-hybridized carbons (Fsp3) is 0.600. The summed E-state index contributed by atoms with van der Waals surface area (Å²) >= 11 is 0. The monoisotopic (exact) mass is 329 g/mol. The van der Waals surface area contributed by atoms with Crippen LogP contribution in [0.5, 0.6) is 0 Å². The first-order chi connectivity index (χ1) is 11.2. The molecule has 0 saturated heterocycles. The summed E-state index contributed by atoms with van der Waals surface area (Å²) in [5.41, 5.74) is 1.99. The van der Waals surface area contributed by atoms with Gasteiger partial charge in [-0.3, -0.25) is 9.59 Å². The van der Waals surface area contributed by atoms with Gasteiger partial charge >= 0.3 is 5.97 Å². The van der Waals surface area contributed by atoms with Crippen molar-refractivity contribution in [3.63, 3.8) is 0 Å². The molecule has 1 aliphatic heterocycles. The molecule has 1 heterocycles. The number of hydrogen-bond donors (Lipinski definition) is 2. The minimum absolute atomic E-state index is 0.0692. The maximum atomic E-state index is 12.5. The van der Waals surface area contributed by atoms with Crippen molar-refractivity contribution in [1.29, 1.82) is 0 Å². The zero-order valence-corrected chi connectivity index (χ0v) is 15.0. The molecular formula is C20H27NO3. The lowest BCUT2D eigenvalue weighted by atomic mass is 9.53. The summed E-state index contributed by atoms with van der Waals surface area (Å²) < 4.78 is 0. The summed E-state index contributed by atoms with van der Waals surface area (Å²) in [5, 5.41) is 12.9. The van der Waals surface area contributed by atoms with Gasteiger partial charge < -0.3 is 10.4 Å². The number of benzene rings is 1. The van der Waals surface area contributed by atoms with Crippen LogP contribution >= 0.6 is 0 Å². The van der Waals surface area contributed by atoms with Gasteiger partial charge in [-0.2, -0.15) is 0 Å². The van der Waals surface area contributed by atoms with E-state index in [1.54, 1.807) is 0 Å². The Labute approximate surface area is 143 Å². The number of fused-ring (bicyclic) bond motifs is 3. The number of hydrogen-bond acceptors (Lipinski definition) is 2. The SMILES string of the molecule is CC(C)c1ccc2c(c1)NC(=O)C[C@H]1[C@](C)(C(=O)O)CCC[C@]21C. The van der Waals surface area contributed by atoms with E-state index in [1.165, 1.54) is 5.56 Å². The third-order valence-corrected chi connectivity index (χ3v) is 6.41. The quantitative estimate of drug-likeness (QED) is 0.850. The van der Waals surface area contributed by atoms with Gasteiger partial charge in [0.15, 0.2) is 0 Å². The molecule has 0 aromatic heterocycles. The molecule has 3 atom stereocenters. The molecular weight excluding hydrogens is 302 g/mol. The molecule has 1 saturated carbocycles. The van der Waals surface area contributed by atoms with E-state index in [-0.39, 0.29) is 23.7 Å². The van der Waals surface area contributed by atoms with E-state index < -0.39 is 11.4 Å². The first-order valence-electron chi connectivity index (χ1n) is 8.86. The van der Waals surface area contributed by atoms with Crippen LogP contribution in [0.2, 0.25) is 0 Å². The molecule has 130 valence electrons. The molecule has 1 aromatic carbocycles. The van der Waals surface area contributed by atoms with E-state index in [2.05, 4.69) is 44.3 Å². The van der Waals surface area contributed by atoms with Crippen molar-refractivity contribution in [3.8, 4) is 0 Å². The minimum Gasteiger partial charge on any atom is -0.481 e. The summed E-state index contributed by atoms with van der Waals surface area (Å²) in [5.74, 6) is -0.661. The van der Waals surface area contributed by atoms with Gasteiger partial charge in [-0.1, -0.05) is 39.3 Å². The highest BCUT2D eigenvalue weighted by Crippen LogP contribution is 2.56. The normalized spacial score (nSPS) is 32.5. The third kappa shape index (κ3) is 2.43. The minimum atomic E-state index is -0.858. The first kappa shape index (κ1) is 17.0. The lowest BCUT2D eigenvalue weighted by Crippen LogP contribution is -2.50. The highest BCUT2D eigenvalue weighted by molar-refractivity contribution is 5.94. The largest absolute Gasteiger partial charge is 0.481 e. The van der Waals surface area contributed by atoms with Crippen LogP contribution in [0.4, 0.5) is 5.69 Å². The Balaban J connectivity index is 2.18. The van der Waals surface area contributed by atoms with E-state index in [1.807, 2.05) is 6.92 Å². The van der Waals surface area contributed by atoms with Gasteiger partial charge in [-0.15, -0.1) is 0 Å². The molecule has 0 bridgehead atoms. The van der Waals surface area contributed by atoms with Gasteiger partial charge in [0.05, 0.1) is 5.41 Å². The number of anilines is 1. The van der Waals surface area contributed by atoms with Crippen molar-refractivity contribution in [2.24, 2.45) is 11.3 Å². The van der Waals surface area contributed by atoms with Gasteiger partial charge in [0.1, 0.15) is 0 Å². The van der Waals surface area contributed by atoms with E-state index in [0.717, 1.165) is 24.1 Å². The van der Waals surface area contributed by atoms with Crippen LogP contribution in [0, 0.1) is 11.3 Å². The fourth-order valence-electron chi connectivity index (χ4n) is 4.81. The van der Waals surface area contributed by atoms with Crippen molar-refractivity contribution < 1.29 is 14.7 Å². The molecule has 4 heteroatoms. The first-order valence-corrected chi connectivity index (χ1v) is 8.86. The average Bonchev–Trinajstić information content (AvgIpc) is 2.61. The summed E-state index contributed by atoms with van der Waals surface area (Å²) in [6.07, 6.45) is 2.69. The Morgan fingerprint density at radius 1 is 1.29 bits per heavy atom. The van der Waals surface area contributed by atoms with E-state index in [4.69, 9.17) is 0 Å². The topological polar surface area (TPSA) is 66.4 Å². The number of carbonyl (C=O) groups is 2. The van der Waals surface area contributed by atoms with E-state index in [0.29, 0.717) is 12.3 Å². The third-order valence-electron chi connectivity index (χ3n) is 6.41. The molecule has 3 rings (SSSR count). The Hall–Kier alpha value is -1.84. The predicted octanol–water partition coefficient (Wildman–Crippen LogP) is 4.30. The van der Waals surface area contributed by atoms with Crippen molar-refractivity contribution in [2.45, 2.75) is 64.7 Å². The molecule has 1 aromatic rings. The van der Waals surface area contributed by atoms with E-state index >= 15 is 0 Å². The fourth-order valence-corrected chi connectivity index (χ4v) is 4.81. The second-order valence-electron chi connectivity index (χ2n) is 8.26. The summed E-state index contributed by atoms with van der Waals surface area (Å²) in [4.78, 5) is 24.5. The summed E-state index contributed by atoms with van der Waals surface area (Å²) in [7, 11) is 0. The molecule has 2 aliphatic rings. The van der Waals surface area contributed by atoms with Crippen LogP contribution in [0.25, 0.3) is 0 Å².